The van der Waals surface area contributed by atoms with E-state index in [2.05, 4.69) is 74.6 Å². The molecule has 0 fully saturated rings. The molecule has 0 aliphatic carbocycles. The second kappa shape index (κ2) is 6.70. The molecule has 1 aromatic carbocycles. The molecule has 0 aliphatic rings. The van der Waals surface area contributed by atoms with Gasteiger partial charge in [-0.05, 0) is 11.8 Å². The zero-order chi connectivity index (χ0) is 15.0. The smallest absolute Gasteiger partial charge is 0.0767 e. The van der Waals surface area contributed by atoms with Crippen molar-refractivity contribution >= 4 is 26.5 Å². The van der Waals surface area contributed by atoms with Gasteiger partial charge in [-0.15, -0.1) is 35.0 Å². The summed E-state index contributed by atoms with van der Waals surface area (Å²) in [6, 6.07) is 14.3. The Hall–Kier alpha value is -0.547. The van der Waals surface area contributed by atoms with Crippen molar-refractivity contribution in [1.82, 2.24) is 4.98 Å². The average molecular weight is 491 g/mol. The van der Waals surface area contributed by atoms with Crippen molar-refractivity contribution in [3.63, 3.8) is 0 Å². The molecule has 21 heavy (non-hydrogen) atoms. The molecule has 1 radical (unpaired) electrons. The number of rotatable bonds is 3. The molecule has 0 saturated heterocycles. The largest absolute Gasteiger partial charge is 0.305 e. The van der Waals surface area contributed by atoms with Gasteiger partial charge in [0, 0.05) is 26.3 Å². The van der Waals surface area contributed by atoms with Crippen LogP contribution in [0.15, 0.2) is 36.5 Å². The Morgan fingerprint density at radius 2 is 1.43 bits per heavy atom. The Balaban J connectivity index is 0.00000220. The van der Waals surface area contributed by atoms with E-state index in [1.54, 1.807) is 0 Å². The van der Waals surface area contributed by atoms with Crippen LogP contribution in [0, 0.1) is 6.07 Å². The average Bonchev–Trinajstić information content (AvgIpc) is 2.37. The minimum absolute atomic E-state index is 0. The maximum absolute atomic E-state index is 4.55. The standard InChI is InChI=1S/C17H24NSi2.Ir/c1-19(2,3)15-9-7-8-14(12-15)17-13-16(10-11-18-17)20(4,5)6;/h7,9-13H,1-6H3;/q-1;. The predicted octanol–water partition coefficient (Wildman–Crippen LogP) is 3.64. The van der Waals surface area contributed by atoms with Gasteiger partial charge in [0.2, 0.25) is 0 Å². The molecule has 1 nitrogen and oxygen atoms in total. The summed E-state index contributed by atoms with van der Waals surface area (Å²) in [4.78, 5) is 4.55. The second-order valence-corrected chi connectivity index (χ2v) is 17.6. The van der Waals surface area contributed by atoms with Gasteiger partial charge in [0.05, 0.1) is 16.1 Å². The van der Waals surface area contributed by atoms with Crippen molar-refractivity contribution in [2.75, 3.05) is 0 Å². The van der Waals surface area contributed by atoms with Crippen LogP contribution in [0.4, 0.5) is 0 Å². The fraction of sp³-hybridized carbons (Fsp3) is 0.353. The van der Waals surface area contributed by atoms with E-state index in [4.69, 9.17) is 0 Å². The predicted molar refractivity (Wildman–Crippen MR) is 94.5 cm³/mol. The number of pyridine rings is 1. The van der Waals surface area contributed by atoms with Crippen molar-refractivity contribution < 1.29 is 20.1 Å². The van der Waals surface area contributed by atoms with E-state index in [9.17, 15) is 0 Å². The van der Waals surface area contributed by atoms with E-state index in [-0.39, 0.29) is 20.1 Å². The molecule has 0 unspecified atom stereocenters. The van der Waals surface area contributed by atoms with Crippen LogP contribution in [0.5, 0.6) is 0 Å². The van der Waals surface area contributed by atoms with Gasteiger partial charge in [-0.25, -0.2) is 0 Å². The monoisotopic (exact) mass is 491 g/mol. The van der Waals surface area contributed by atoms with Crippen molar-refractivity contribution in [3.05, 3.63) is 42.6 Å². The quantitative estimate of drug-likeness (QED) is 0.473. The number of aromatic nitrogens is 1. The third-order valence-corrected chi connectivity index (χ3v) is 7.66. The van der Waals surface area contributed by atoms with Gasteiger partial charge in [-0.2, -0.15) is 0 Å². The molecule has 1 aromatic heterocycles. The van der Waals surface area contributed by atoms with Gasteiger partial charge < -0.3 is 4.98 Å². The Labute approximate surface area is 144 Å². The van der Waals surface area contributed by atoms with E-state index in [1.165, 1.54) is 10.4 Å². The van der Waals surface area contributed by atoms with Crippen molar-refractivity contribution in [3.8, 4) is 11.3 Å². The molecular weight excluding hydrogens is 467 g/mol. The van der Waals surface area contributed by atoms with E-state index in [0.29, 0.717) is 0 Å². The van der Waals surface area contributed by atoms with Crippen molar-refractivity contribution in [2.45, 2.75) is 39.3 Å². The Bertz CT molecular complexity index is 557. The van der Waals surface area contributed by atoms with Gasteiger partial charge >= 0.3 is 0 Å². The summed E-state index contributed by atoms with van der Waals surface area (Å²) in [6.07, 6.45) is 1.94. The number of nitrogens with zero attached hydrogens (tertiary/aromatic N) is 1. The molecule has 0 spiro atoms. The maximum Gasteiger partial charge on any atom is 0.0767 e. The first-order chi connectivity index (χ1) is 9.18. The molecule has 2 rings (SSSR count). The molecule has 0 saturated carbocycles. The summed E-state index contributed by atoms with van der Waals surface area (Å²) in [5.41, 5.74) is 2.19. The minimum atomic E-state index is -1.29. The Morgan fingerprint density at radius 1 is 0.857 bits per heavy atom. The fourth-order valence-corrected chi connectivity index (χ4v) is 4.43. The normalized spacial score (nSPS) is 11.9. The van der Waals surface area contributed by atoms with E-state index in [0.717, 1.165) is 11.3 Å². The van der Waals surface area contributed by atoms with E-state index in [1.807, 2.05) is 12.3 Å². The van der Waals surface area contributed by atoms with Crippen molar-refractivity contribution in [1.29, 1.82) is 0 Å². The number of hydrogen-bond acceptors (Lipinski definition) is 1. The second-order valence-electron chi connectivity index (χ2n) is 7.42. The summed E-state index contributed by atoms with van der Waals surface area (Å²) >= 11 is 0. The third kappa shape index (κ3) is 4.71. The molecule has 1 heterocycles. The minimum Gasteiger partial charge on any atom is -0.305 e. The van der Waals surface area contributed by atoms with Crippen LogP contribution < -0.4 is 10.4 Å². The van der Waals surface area contributed by atoms with E-state index < -0.39 is 16.1 Å². The molecule has 0 bridgehead atoms. The van der Waals surface area contributed by atoms with E-state index >= 15 is 0 Å². The summed E-state index contributed by atoms with van der Waals surface area (Å²) in [6.45, 7) is 14.2. The maximum atomic E-state index is 4.55. The summed E-state index contributed by atoms with van der Waals surface area (Å²) in [5.74, 6) is 0. The van der Waals surface area contributed by atoms with Gasteiger partial charge in [-0.1, -0.05) is 50.5 Å². The summed E-state index contributed by atoms with van der Waals surface area (Å²) < 4.78 is 0. The Kier molecular flexibility index (Phi) is 5.90. The first-order valence-corrected chi connectivity index (χ1v) is 14.2. The van der Waals surface area contributed by atoms with Crippen LogP contribution in [-0.2, 0) is 20.1 Å². The van der Waals surface area contributed by atoms with Crippen LogP contribution in [0.1, 0.15) is 0 Å². The zero-order valence-corrected chi connectivity index (χ0v) is 18.1. The third-order valence-electron chi connectivity index (χ3n) is 3.57. The fourth-order valence-electron chi connectivity index (χ4n) is 2.13. The molecule has 0 atom stereocenters. The van der Waals surface area contributed by atoms with Gasteiger partial charge in [-0.3, -0.25) is 0 Å². The molecule has 4 heteroatoms. The summed E-state index contributed by atoms with van der Waals surface area (Å²) in [5, 5.41) is 2.92. The van der Waals surface area contributed by atoms with Gasteiger partial charge in [0.15, 0.2) is 0 Å². The molecule has 115 valence electrons. The number of hydrogen-bond donors (Lipinski definition) is 0. The SMILES string of the molecule is C[Si](C)(C)c1cc[c-]c(-c2cc([Si](C)(C)C)ccn2)c1.[Ir]. The molecule has 0 aliphatic heterocycles. The molecule has 0 amide bonds. The van der Waals surface area contributed by atoms with Crippen molar-refractivity contribution in [2.24, 2.45) is 0 Å². The van der Waals surface area contributed by atoms with Crippen LogP contribution in [0.3, 0.4) is 0 Å². The molecule has 2 aromatic rings. The summed E-state index contributed by atoms with van der Waals surface area (Å²) in [7, 11) is -2.58. The first kappa shape index (κ1) is 18.5. The molecular formula is C17H24IrNSi2-. The Morgan fingerprint density at radius 3 is 2.00 bits per heavy atom. The first-order valence-electron chi connectivity index (χ1n) is 7.17. The number of benzene rings is 1. The van der Waals surface area contributed by atoms with Crippen LogP contribution in [-0.4, -0.2) is 21.1 Å². The van der Waals surface area contributed by atoms with Gasteiger partial charge in [0.1, 0.15) is 0 Å². The van der Waals surface area contributed by atoms with Gasteiger partial charge in [0.25, 0.3) is 0 Å². The topological polar surface area (TPSA) is 12.9 Å². The zero-order valence-electron chi connectivity index (χ0n) is 13.7. The van der Waals surface area contributed by atoms with Crippen LogP contribution in [0.2, 0.25) is 39.3 Å². The van der Waals surface area contributed by atoms with Crippen LogP contribution in [0.25, 0.3) is 11.3 Å². The molecule has 0 N–H and O–H groups in total. The van der Waals surface area contributed by atoms with Crippen LogP contribution >= 0.6 is 0 Å².